The van der Waals surface area contributed by atoms with Gasteiger partial charge in [-0.25, -0.2) is 9.59 Å². The fraction of sp³-hybridized carbons (Fsp3) is 0.474. The number of ether oxygens (including phenoxy) is 1. The van der Waals surface area contributed by atoms with Crippen molar-refractivity contribution in [2.75, 3.05) is 26.3 Å². The number of carbonyl (C=O) groups excluding carboxylic acids is 1. The number of benzene rings is 1. The van der Waals surface area contributed by atoms with Crippen LogP contribution in [0.3, 0.4) is 0 Å². The summed E-state index contributed by atoms with van der Waals surface area (Å²) in [6, 6.07) is 6.29. The van der Waals surface area contributed by atoms with Crippen LogP contribution in [0.15, 0.2) is 42.5 Å². The van der Waals surface area contributed by atoms with Gasteiger partial charge < -0.3 is 25.2 Å². The monoisotopic (exact) mass is 398 g/mol. The highest BCUT2D eigenvalue weighted by molar-refractivity contribution is 5.77. The van der Waals surface area contributed by atoms with Crippen LogP contribution in [0, 0.1) is 0 Å². The summed E-state index contributed by atoms with van der Waals surface area (Å²) in [5.41, 5.74) is -0.286. The molecule has 1 saturated heterocycles. The number of rotatable bonds is 11. The molecule has 154 valence electrons. The number of aliphatic hydroxyl groups is 1. The molecule has 2 unspecified atom stereocenters. The van der Waals surface area contributed by atoms with Gasteiger partial charge in [-0.1, -0.05) is 42.5 Å². The number of nitrogens with zero attached hydrogens (tertiary/aromatic N) is 1. The van der Waals surface area contributed by atoms with Crippen LogP contribution in [0.25, 0.3) is 0 Å². The van der Waals surface area contributed by atoms with E-state index in [1.807, 2.05) is 0 Å². The number of aliphatic hydroxyl groups excluding tert-OH is 1. The van der Waals surface area contributed by atoms with Crippen LogP contribution in [0.5, 0.6) is 0 Å². The summed E-state index contributed by atoms with van der Waals surface area (Å²) in [6.07, 6.45) is 1.53. The highest BCUT2D eigenvalue weighted by Gasteiger charge is 2.39. The van der Waals surface area contributed by atoms with Crippen LogP contribution in [0.2, 0.25) is 0 Å². The van der Waals surface area contributed by atoms with Gasteiger partial charge in [-0.05, 0) is 12.8 Å². The molecule has 1 heterocycles. The van der Waals surface area contributed by atoms with E-state index in [2.05, 4.69) is 5.32 Å². The van der Waals surface area contributed by atoms with Gasteiger partial charge in [0.25, 0.3) is 0 Å². The minimum absolute atomic E-state index is 0.254. The van der Waals surface area contributed by atoms with Crippen LogP contribution in [0.1, 0.15) is 18.4 Å². The summed E-state index contributed by atoms with van der Waals surface area (Å²) in [5.74, 6) is -4.49. The normalized spacial score (nSPS) is 18.5. The fourth-order valence-electron chi connectivity index (χ4n) is 2.82. The first-order chi connectivity index (χ1) is 13.3. The van der Waals surface area contributed by atoms with Crippen molar-refractivity contribution >= 4 is 12.0 Å². The Morgan fingerprint density at radius 2 is 2.07 bits per heavy atom. The van der Waals surface area contributed by atoms with Gasteiger partial charge in [0.05, 0.1) is 6.04 Å². The Bertz CT molecular complexity index is 684. The number of halogens is 2. The van der Waals surface area contributed by atoms with Gasteiger partial charge in [-0.3, -0.25) is 0 Å². The fourth-order valence-corrected chi connectivity index (χ4v) is 2.82. The van der Waals surface area contributed by atoms with Crippen LogP contribution < -0.4 is 5.32 Å². The molecule has 1 fully saturated rings. The minimum atomic E-state index is -3.44. The zero-order valence-electron chi connectivity index (χ0n) is 15.3. The zero-order chi connectivity index (χ0) is 20.6. The standard InChI is InChI=1S/C19H24F2N2O5/c20-19(21,14-6-2-1-3-7-14)16(24)9-8-15-12-22-18(27)23(15)10-4-5-11-28-13-17(25)26/h1-3,6-9,15-16,24H,4-5,10-13H2,(H,22,27)(H,25,26). The lowest BCUT2D eigenvalue weighted by Crippen LogP contribution is -2.35. The number of unbranched alkanes of at least 4 members (excludes halogenated alkanes) is 1. The third kappa shape index (κ3) is 6.00. The van der Waals surface area contributed by atoms with Crippen molar-refractivity contribution in [3.63, 3.8) is 0 Å². The Morgan fingerprint density at radius 3 is 2.75 bits per heavy atom. The molecule has 1 aromatic rings. The molecule has 0 bridgehead atoms. The first kappa shape index (κ1) is 21.8. The van der Waals surface area contributed by atoms with Crippen molar-refractivity contribution in [1.82, 2.24) is 10.2 Å². The van der Waals surface area contributed by atoms with E-state index in [1.54, 1.807) is 6.07 Å². The molecule has 2 atom stereocenters. The van der Waals surface area contributed by atoms with Gasteiger partial charge in [-0.2, -0.15) is 8.78 Å². The van der Waals surface area contributed by atoms with Gasteiger partial charge in [0, 0.05) is 25.3 Å². The molecular formula is C19H24F2N2O5. The first-order valence-corrected chi connectivity index (χ1v) is 8.96. The largest absolute Gasteiger partial charge is 0.480 e. The molecule has 9 heteroatoms. The molecule has 0 aromatic heterocycles. The van der Waals surface area contributed by atoms with Crippen molar-refractivity contribution in [2.24, 2.45) is 0 Å². The summed E-state index contributed by atoms with van der Waals surface area (Å²) in [6.45, 7) is 0.504. The number of carboxylic acid groups (broad SMARTS) is 1. The molecule has 7 nitrogen and oxygen atoms in total. The highest BCUT2D eigenvalue weighted by atomic mass is 19.3. The third-order valence-corrected chi connectivity index (χ3v) is 4.33. The van der Waals surface area contributed by atoms with Crippen LogP contribution in [0.4, 0.5) is 13.6 Å². The molecule has 2 rings (SSSR count). The quantitative estimate of drug-likeness (QED) is 0.391. The van der Waals surface area contributed by atoms with Crippen LogP contribution in [-0.4, -0.2) is 65.6 Å². The number of hydrogen-bond acceptors (Lipinski definition) is 4. The van der Waals surface area contributed by atoms with Crippen LogP contribution >= 0.6 is 0 Å². The maximum absolute atomic E-state index is 14.3. The first-order valence-electron chi connectivity index (χ1n) is 8.96. The van der Waals surface area contributed by atoms with Crippen molar-refractivity contribution in [2.45, 2.75) is 30.9 Å². The van der Waals surface area contributed by atoms with Gasteiger partial charge in [0.15, 0.2) is 0 Å². The molecule has 0 aliphatic carbocycles. The van der Waals surface area contributed by atoms with E-state index in [-0.39, 0.29) is 31.4 Å². The highest BCUT2D eigenvalue weighted by Crippen LogP contribution is 2.32. The average molecular weight is 398 g/mol. The third-order valence-electron chi connectivity index (χ3n) is 4.33. The molecule has 1 aromatic carbocycles. The Labute approximate surface area is 161 Å². The van der Waals surface area contributed by atoms with E-state index < -0.39 is 24.0 Å². The number of carbonyl (C=O) groups is 2. The Hall–Kier alpha value is -2.52. The van der Waals surface area contributed by atoms with Crippen LogP contribution in [-0.2, 0) is 15.5 Å². The summed E-state index contributed by atoms with van der Waals surface area (Å²) in [5, 5.41) is 21.1. The molecular weight excluding hydrogens is 374 g/mol. The molecule has 28 heavy (non-hydrogen) atoms. The van der Waals surface area contributed by atoms with E-state index in [1.165, 1.54) is 35.2 Å². The summed E-state index contributed by atoms with van der Waals surface area (Å²) < 4.78 is 33.6. The SMILES string of the molecule is O=C(O)COCCCCN1C(=O)NCC1C=CC(O)C(F)(F)c1ccccc1. The number of aliphatic carboxylic acids is 1. The molecule has 2 amide bonds. The van der Waals surface area contributed by atoms with Crippen molar-refractivity contribution in [1.29, 1.82) is 0 Å². The second kappa shape index (κ2) is 10.1. The lowest BCUT2D eigenvalue weighted by molar-refractivity contribution is -0.142. The summed E-state index contributed by atoms with van der Waals surface area (Å²) in [4.78, 5) is 23.8. The Kier molecular flexibility index (Phi) is 7.89. The average Bonchev–Trinajstić information content (AvgIpc) is 3.02. The van der Waals surface area contributed by atoms with Crippen molar-refractivity contribution < 1.29 is 33.3 Å². The van der Waals surface area contributed by atoms with Gasteiger partial charge in [0.2, 0.25) is 0 Å². The van der Waals surface area contributed by atoms with E-state index >= 15 is 0 Å². The lowest BCUT2D eigenvalue weighted by Gasteiger charge is -2.23. The number of hydrogen-bond donors (Lipinski definition) is 3. The minimum Gasteiger partial charge on any atom is -0.480 e. The second-order valence-corrected chi connectivity index (χ2v) is 6.42. The van der Waals surface area contributed by atoms with E-state index in [0.717, 1.165) is 6.08 Å². The molecule has 0 spiro atoms. The Morgan fingerprint density at radius 1 is 1.36 bits per heavy atom. The predicted molar refractivity (Wildman–Crippen MR) is 97.1 cm³/mol. The number of urea groups is 1. The van der Waals surface area contributed by atoms with E-state index in [4.69, 9.17) is 9.84 Å². The maximum atomic E-state index is 14.3. The molecule has 0 radical (unpaired) electrons. The van der Waals surface area contributed by atoms with Crippen molar-refractivity contribution in [3.05, 3.63) is 48.0 Å². The number of nitrogens with one attached hydrogen (secondary N) is 1. The van der Waals surface area contributed by atoms with E-state index in [9.17, 15) is 23.5 Å². The topological polar surface area (TPSA) is 99.1 Å². The van der Waals surface area contributed by atoms with Gasteiger partial charge in [-0.15, -0.1) is 0 Å². The van der Waals surface area contributed by atoms with Gasteiger partial charge >= 0.3 is 17.9 Å². The zero-order valence-corrected chi connectivity index (χ0v) is 15.3. The number of alkyl halides is 2. The molecule has 3 N–H and O–H groups in total. The number of amides is 2. The summed E-state index contributed by atoms with van der Waals surface area (Å²) in [7, 11) is 0. The van der Waals surface area contributed by atoms with E-state index in [0.29, 0.717) is 19.4 Å². The van der Waals surface area contributed by atoms with Gasteiger partial charge in [0.1, 0.15) is 12.7 Å². The molecule has 1 aliphatic rings. The second-order valence-electron chi connectivity index (χ2n) is 6.42. The summed E-state index contributed by atoms with van der Waals surface area (Å²) >= 11 is 0. The smallest absolute Gasteiger partial charge is 0.329 e. The number of carboxylic acids is 1. The molecule has 1 aliphatic heterocycles. The molecule has 0 saturated carbocycles. The lowest BCUT2D eigenvalue weighted by atomic mass is 10.0. The predicted octanol–water partition coefficient (Wildman–Crippen LogP) is 1.97. The van der Waals surface area contributed by atoms with Crippen molar-refractivity contribution in [3.8, 4) is 0 Å². The maximum Gasteiger partial charge on any atom is 0.329 e. The Balaban J connectivity index is 1.87.